The van der Waals surface area contributed by atoms with E-state index in [4.69, 9.17) is 16.1 Å². The van der Waals surface area contributed by atoms with E-state index in [-0.39, 0.29) is 10.8 Å². The Morgan fingerprint density at radius 1 is 1.27 bits per heavy atom. The first-order chi connectivity index (χ1) is 12.4. The predicted molar refractivity (Wildman–Crippen MR) is 95.2 cm³/mol. The maximum atomic E-state index is 12.8. The monoisotopic (exact) mass is 390 g/mol. The molecule has 0 saturated carbocycles. The minimum Gasteiger partial charge on any atom is -0.339 e. The van der Waals surface area contributed by atoms with Gasteiger partial charge in [0.25, 0.3) is 0 Å². The standard InChI is InChI=1S/C17H15ClN4O3S/c1-11-4-5-14(18)7-15(11)26(23,24)22-9-13(10-22)17-20-16(21-25-17)12-3-2-6-19-8-12/h2-8,13H,9-10H2,1H3. The molecule has 0 unspecified atom stereocenters. The molecular weight excluding hydrogens is 376 g/mol. The highest BCUT2D eigenvalue weighted by Gasteiger charge is 2.41. The number of rotatable bonds is 4. The van der Waals surface area contributed by atoms with Crippen LogP contribution in [0.4, 0.5) is 0 Å². The Hall–Kier alpha value is -2.29. The van der Waals surface area contributed by atoms with Crippen LogP contribution in [-0.4, -0.2) is 40.9 Å². The molecule has 26 heavy (non-hydrogen) atoms. The average molecular weight is 391 g/mol. The molecule has 0 amide bonds. The third-order valence-corrected chi connectivity index (χ3v) is 6.54. The molecule has 0 spiro atoms. The topological polar surface area (TPSA) is 89.2 Å². The molecule has 1 aliphatic rings. The van der Waals surface area contributed by atoms with Crippen molar-refractivity contribution in [2.45, 2.75) is 17.7 Å². The van der Waals surface area contributed by atoms with Crippen LogP contribution in [-0.2, 0) is 10.0 Å². The lowest BCUT2D eigenvalue weighted by atomic mass is 10.0. The van der Waals surface area contributed by atoms with Crippen molar-refractivity contribution in [3.8, 4) is 11.4 Å². The van der Waals surface area contributed by atoms with Gasteiger partial charge in [-0.2, -0.15) is 9.29 Å². The highest BCUT2D eigenvalue weighted by atomic mass is 35.5. The molecule has 1 saturated heterocycles. The Balaban J connectivity index is 1.50. The summed E-state index contributed by atoms with van der Waals surface area (Å²) in [5, 5.41) is 4.34. The molecule has 1 aliphatic heterocycles. The van der Waals surface area contributed by atoms with E-state index in [0.29, 0.717) is 35.4 Å². The minimum atomic E-state index is -3.59. The van der Waals surface area contributed by atoms with E-state index in [1.165, 1.54) is 10.4 Å². The summed E-state index contributed by atoms with van der Waals surface area (Å²) in [4.78, 5) is 8.61. The van der Waals surface area contributed by atoms with Crippen LogP contribution in [0.5, 0.6) is 0 Å². The lowest BCUT2D eigenvalue weighted by molar-refractivity contribution is 0.216. The van der Waals surface area contributed by atoms with Crippen molar-refractivity contribution in [2.24, 2.45) is 0 Å². The number of hydrogen-bond acceptors (Lipinski definition) is 6. The molecule has 3 heterocycles. The maximum Gasteiger partial charge on any atom is 0.243 e. The van der Waals surface area contributed by atoms with Gasteiger partial charge in [-0.05, 0) is 36.8 Å². The number of hydrogen-bond donors (Lipinski definition) is 0. The van der Waals surface area contributed by atoms with E-state index >= 15 is 0 Å². The largest absolute Gasteiger partial charge is 0.339 e. The molecule has 0 aliphatic carbocycles. The molecule has 7 nitrogen and oxygen atoms in total. The summed E-state index contributed by atoms with van der Waals surface area (Å²) in [5.41, 5.74) is 1.41. The third-order valence-electron chi connectivity index (χ3n) is 4.33. The van der Waals surface area contributed by atoms with Gasteiger partial charge >= 0.3 is 0 Å². The minimum absolute atomic E-state index is 0.123. The SMILES string of the molecule is Cc1ccc(Cl)cc1S(=O)(=O)N1CC(c2nc(-c3cccnc3)no2)C1. The molecule has 1 fully saturated rings. The molecule has 0 atom stereocenters. The molecule has 1 aromatic carbocycles. The van der Waals surface area contributed by atoms with E-state index in [1.807, 2.05) is 6.07 Å². The summed E-state index contributed by atoms with van der Waals surface area (Å²) in [6.45, 7) is 2.34. The predicted octanol–water partition coefficient (Wildman–Crippen LogP) is 2.88. The number of halogens is 1. The number of nitrogens with zero attached hydrogens (tertiary/aromatic N) is 4. The highest BCUT2D eigenvalue weighted by molar-refractivity contribution is 7.89. The smallest absolute Gasteiger partial charge is 0.243 e. The van der Waals surface area contributed by atoms with Gasteiger partial charge in [0, 0.05) is 36.1 Å². The first-order valence-corrected chi connectivity index (χ1v) is 9.77. The zero-order valence-electron chi connectivity index (χ0n) is 13.8. The van der Waals surface area contributed by atoms with Gasteiger partial charge in [0.05, 0.1) is 10.8 Å². The van der Waals surface area contributed by atoms with Crippen LogP contribution in [0.25, 0.3) is 11.4 Å². The van der Waals surface area contributed by atoms with Crippen molar-refractivity contribution in [3.05, 3.63) is 59.2 Å². The number of pyridine rings is 1. The molecule has 3 aromatic rings. The molecule has 2 aromatic heterocycles. The van der Waals surface area contributed by atoms with Crippen LogP contribution < -0.4 is 0 Å². The third kappa shape index (κ3) is 3.00. The van der Waals surface area contributed by atoms with Gasteiger partial charge in [-0.25, -0.2) is 8.42 Å². The van der Waals surface area contributed by atoms with Crippen molar-refractivity contribution in [1.82, 2.24) is 19.4 Å². The van der Waals surface area contributed by atoms with E-state index < -0.39 is 10.0 Å². The van der Waals surface area contributed by atoms with Crippen LogP contribution in [0.15, 0.2) is 52.1 Å². The van der Waals surface area contributed by atoms with Gasteiger partial charge in [-0.15, -0.1) is 0 Å². The summed E-state index contributed by atoms with van der Waals surface area (Å²) in [5.74, 6) is 0.750. The lowest BCUT2D eigenvalue weighted by Gasteiger charge is -2.36. The second-order valence-corrected chi connectivity index (χ2v) is 8.47. The molecule has 0 radical (unpaired) electrons. The Bertz CT molecular complexity index is 1050. The lowest BCUT2D eigenvalue weighted by Crippen LogP contribution is -2.48. The highest BCUT2D eigenvalue weighted by Crippen LogP contribution is 2.33. The van der Waals surface area contributed by atoms with Crippen molar-refractivity contribution in [2.75, 3.05) is 13.1 Å². The summed E-state index contributed by atoms with van der Waals surface area (Å²) >= 11 is 5.95. The summed E-state index contributed by atoms with van der Waals surface area (Å²) in [6.07, 6.45) is 3.31. The second kappa shape index (κ2) is 6.46. The Morgan fingerprint density at radius 2 is 2.08 bits per heavy atom. The van der Waals surface area contributed by atoms with Crippen LogP contribution in [0.1, 0.15) is 17.4 Å². The summed E-state index contributed by atoms with van der Waals surface area (Å²) in [7, 11) is -3.59. The normalized spacial score (nSPS) is 15.8. The first-order valence-electron chi connectivity index (χ1n) is 7.95. The van der Waals surface area contributed by atoms with Gasteiger partial charge in [-0.3, -0.25) is 4.98 Å². The Kier molecular flexibility index (Phi) is 4.26. The van der Waals surface area contributed by atoms with Crippen LogP contribution in [0, 0.1) is 6.92 Å². The zero-order chi connectivity index (χ0) is 18.3. The van der Waals surface area contributed by atoms with Gasteiger partial charge in [-0.1, -0.05) is 22.8 Å². The molecule has 134 valence electrons. The van der Waals surface area contributed by atoms with Crippen molar-refractivity contribution in [1.29, 1.82) is 0 Å². The van der Waals surface area contributed by atoms with E-state index in [2.05, 4.69) is 15.1 Å². The van der Waals surface area contributed by atoms with E-state index in [1.54, 1.807) is 37.5 Å². The van der Waals surface area contributed by atoms with Crippen LogP contribution in [0.3, 0.4) is 0 Å². The number of benzene rings is 1. The van der Waals surface area contributed by atoms with Crippen molar-refractivity contribution < 1.29 is 12.9 Å². The molecule has 9 heteroatoms. The summed E-state index contributed by atoms with van der Waals surface area (Å²) in [6, 6.07) is 8.47. The number of sulfonamides is 1. The molecule has 0 N–H and O–H groups in total. The zero-order valence-corrected chi connectivity index (χ0v) is 15.4. The Labute approximate surface area is 155 Å². The molecule has 4 rings (SSSR count). The fraction of sp³-hybridized carbons (Fsp3) is 0.235. The van der Waals surface area contributed by atoms with Crippen molar-refractivity contribution in [3.63, 3.8) is 0 Å². The Morgan fingerprint density at radius 3 is 2.81 bits per heavy atom. The quantitative estimate of drug-likeness (QED) is 0.680. The summed E-state index contributed by atoms with van der Waals surface area (Å²) < 4.78 is 32.3. The van der Waals surface area contributed by atoms with Gasteiger partial charge in [0.2, 0.25) is 21.7 Å². The van der Waals surface area contributed by atoms with Gasteiger partial charge < -0.3 is 4.52 Å². The van der Waals surface area contributed by atoms with Crippen LogP contribution >= 0.6 is 11.6 Å². The fourth-order valence-corrected chi connectivity index (χ4v) is 4.81. The van der Waals surface area contributed by atoms with Gasteiger partial charge in [0.15, 0.2) is 0 Å². The first kappa shape index (κ1) is 17.1. The van der Waals surface area contributed by atoms with Gasteiger partial charge in [0.1, 0.15) is 0 Å². The van der Waals surface area contributed by atoms with E-state index in [0.717, 1.165) is 5.56 Å². The fourth-order valence-electron chi connectivity index (χ4n) is 2.79. The molecule has 0 bridgehead atoms. The second-order valence-electron chi connectivity index (χ2n) is 6.13. The van der Waals surface area contributed by atoms with Crippen molar-refractivity contribution >= 4 is 21.6 Å². The number of aryl methyl sites for hydroxylation is 1. The van der Waals surface area contributed by atoms with Crippen LogP contribution in [0.2, 0.25) is 5.02 Å². The molecular formula is C17H15ClN4O3S. The number of aromatic nitrogens is 3. The van der Waals surface area contributed by atoms with E-state index in [9.17, 15) is 8.42 Å². The maximum absolute atomic E-state index is 12.8. The average Bonchev–Trinajstić information content (AvgIpc) is 3.06.